The Balaban J connectivity index is 0.000000142. The standard InChI is InChI=1S/C21H22N4O3.C21H18N4O3.C21H24N4O3.C20H21N5O3.C16H13N3O3/c2*1-27-20-16(21(26)23-13-15-5-3-11-28-15)7-9-18-19(20)17(24-25-18)8-6-14-4-2-10-22-12-14;1-13(2)18(12-26)23-21(27)15-7-9-17-19(20(15)28-3)16(24-25-17)8-6-14-5-4-10-22-11-14;1-13(26)22-10-11-23-20(27)15-6-8-17-18(19(15)28-2)16(24-25-17)7-5-14-4-3-9-21-12-14;1-22-15-11(16(20)21)5-7-13-14(15)12(18-19-13)6-4-10-3-2-8-17-9-10/h2,4,6-10,12,15H,3,5,11,13H2,1H3,(H,23,26)(H,24,25);2-12H,13H2,1H3,(H,23,26)(H,24,25);4-11,13,18,26H,12H2,1-3H3,(H,23,27)(H,24,25);3-9,12H,10-11H2,1-2H3,(H,22,26)(H,23,27)(H,24,25);2-9H,1H3,(H,18,19)(H,20,21)/b3*8-6+;7-5+;6-4+. The number of carbonyl (C=O) groups excluding carboxylic acids is 5. The highest BCUT2D eigenvalue weighted by molar-refractivity contribution is 6.10. The number of aliphatic hydroxyl groups excluding tert-OH is 1. The van der Waals surface area contributed by atoms with Gasteiger partial charge in [0.1, 0.15) is 40.1 Å². The van der Waals surface area contributed by atoms with Gasteiger partial charge in [-0.1, -0.05) is 74.6 Å². The van der Waals surface area contributed by atoms with Crippen LogP contribution in [0.4, 0.5) is 0 Å². The topological polar surface area (TPSA) is 479 Å². The van der Waals surface area contributed by atoms with E-state index in [-0.39, 0.29) is 59.8 Å². The highest BCUT2D eigenvalue weighted by Gasteiger charge is 2.27. The zero-order chi connectivity index (χ0) is 94.2. The number of aliphatic hydroxyl groups is 1. The number of aromatic amines is 5. The van der Waals surface area contributed by atoms with Gasteiger partial charge < -0.3 is 69.6 Å². The number of fused-ring (bicyclic) bond motifs is 5. The number of amides is 5. The van der Waals surface area contributed by atoms with Gasteiger partial charge in [-0.15, -0.1) is 0 Å². The van der Waals surface area contributed by atoms with E-state index in [0.29, 0.717) is 116 Å². The van der Waals surface area contributed by atoms with Crippen LogP contribution in [-0.4, -0.2) is 202 Å². The zero-order valence-electron chi connectivity index (χ0n) is 74.4. The Morgan fingerprint density at radius 2 is 0.746 bits per heavy atom. The molecule has 684 valence electrons. The molecule has 17 rings (SSSR count). The molecule has 1 aliphatic heterocycles. The molecule has 2 atom stereocenters. The van der Waals surface area contributed by atoms with Gasteiger partial charge in [0.15, 0.2) is 0 Å². The minimum atomic E-state index is -1.04. The van der Waals surface area contributed by atoms with E-state index in [0.717, 1.165) is 97.1 Å². The molecule has 35 nitrogen and oxygen atoms in total. The average molecular weight is 1810 g/mol. The Morgan fingerprint density at radius 3 is 1.04 bits per heavy atom. The minimum absolute atomic E-state index is 0.0885. The lowest BCUT2D eigenvalue weighted by Crippen LogP contribution is -2.41. The number of hydrogen-bond donors (Lipinski definition) is 12. The van der Waals surface area contributed by atoms with Gasteiger partial charge in [0.05, 0.1) is 172 Å². The molecule has 11 aromatic heterocycles. The number of H-pyrrole nitrogens is 5. The SMILES string of the molecule is COc1c(C(=O)NC(CO)C(C)C)ccc2n[nH]c(/C=C/c3cccnc3)c12.COc1c(C(=O)NCC2CCCO2)ccc2n[nH]c(/C=C/c3cccnc3)c12.COc1c(C(=O)NCCNC(C)=O)ccc2n[nH]c(/C=C/c3cccnc3)c12.COc1c(C(=O)NCc2ccco2)ccc2n[nH]c(/C=C/c3cccnc3)c12.COc1c(C(=O)O)ccc2n[nH]c(/C=C/c3cccnc3)c12. The molecule has 16 aromatic rings. The molecule has 0 saturated carbocycles. The number of methoxy groups -OCH3 is 5. The van der Waals surface area contributed by atoms with Crippen LogP contribution < -0.4 is 50.3 Å². The van der Waals surface area contributed by atoms with Crippen LogP contribution >= 0.6 is 0 Å². The third-order valence-electron chi connectivity index (χ3n) is 21.0. The number of nitrogens with one attached hydrogen (secondary N) is 10. The van der Waals surface area contributed by atoms with Gasteiger partial charge in [-0.3, -0.25) is 74.4 Å². The maximum Gasteiger partial charge on any atom is 0.339 e. The zero-order valence-corrected chi connectivity index (χ0v) is 74.4. The Bertz CT molecular complexity index is 6850. The molecule has 1 saturated heterocycles. The summed E-state index contributed by atoms with van der Waals surface area (Å²) in [5, 5.41) is 72.7. The fraction of sp³-hybridized carbons (Fsp3) is 0.192. The van der Waals surface area contributed by atoms with Crippen molar-refractivity contribution in [2.45, 2.75) is 52.3 Å². The van der Waals surface area contributed by atoms with Crippen molar-refractivity contribution in [2.75, 3.05) is 68.4 Å². The van der Waals surface area contributed by atoms with Crippen molar-refractivity contribution in [1.82, 2.24) is 102 Å². The van der Waals surface area contributed by atoms with E-state index in [1.807, 2.05) is 141 Å². The molecule has 0 spiro atoms. The fourth-order valence-electron chi connectivity index (χ4n) is 14.3. The highest BCUT2D eigenvalue weighted by atomic mass is 16.5. The van der Waals surface area contributed by atoms with Crippen molar-refractivity contribution in [3.63, 3.8) is 0 Å². The van der Waals surface area contributed by atoms with E-state index in [2.05, 4.69) is 102 Å². The number of aromatic nitrogens is 15. The first-order valence-electron chi connectivity index (χ1n) is 42.4. The first-order chi connectivity index (χ1) is 65.4. The molecule has 5 amide bonds. The van der Waals surface area contributed by atoms with Gasteiger partial charge in [0, 0.05) is 95.1 Å². The van der Waals surface area contributed by atoms with E-state index in [9.17, 15) is 39.0 Å². The van der Waals surface area contributed by atoms with E-state index in [1.165, 1.54) is 34.3 Å². The summed E-state index contributed by atoms with van der Waals surface area (Å²) >= 11 is 0. The van der Waals surface area contributed by atoms with Crippen LogP contribution in [0.5, 0.6) is 28.7 Å². The first-order valence-corrected chi connectivity index (χ1v) is 42.4. The number of furan rings is 1. The largest absolute Gasteiger partial charge is 0.495 e. The summed E-state index contributed by atoms with van der Waals surface area (Å²) in [5.41, 5.74) is 13.7. The number of carboxylic acid groups (broad SMARTS) is 1. The van der Waals surface area contributed by atoms with E-state index >= 15 is 0 Å². The number of hydrogen-bond acceptors (Lipinski definition) is 24. The monoisotopic (exact) mass is 1810 g/mol. The quantitative estimate of drug-likeness (QED) is 0.0186. The van der Waals surface area contributed by atoms with Crippen molar-refractivity contribution in [1.29, 1.82) is 0 Å². The number of carbonyl (C=O) groups is 6. The van der Waals surface area contributed by atoms with E-state index in [1.54, 1.807) is 143 Å². The molecule has 12 N–H and O–H groups in total. The summed E-state index contributed by atoms with van der Waals surface area (Å²) in [6, 6.07) is 39.3. The second-order valence-electron chi connectivity index (χ2n) is 30.1. The van der Waals surface area contributed by atoms with Crippen molar-refractivity contribution in [2.24, 2.45) is 5.92 Å². The normalized spacial score (nSPS) is 12.6. The lowest BCUT2D eigenvalue weighted by atomic mass is 10.0. The number of ether oxygens (including phenoxy) is 6. The van der Waals surface area contributed by atoms with Crippen LogP contribution in [0.1, 0.15) is 147 Å². The molecule has 0 radical (unpaired) electrons. The summed E-state index contributed by atoms with van der Waals surface area (Å²) < 4.78 is 38.4. The predicted octanol–water partition coefficient (Wildman–Crippen LogP) is 14.4. The maximum atomic E-state index is 12.8. The molecule has 5 aromatic carbocycles. The number of carboxylic acids is 1. The molecule has 2 unspecified atom stereocenters. The molecular weight excluding hydrogens is 1710 g/mol. The van der Waals surface area contributed by atoms with Crippen LogP contribution in [0.25, 0.3) is 115 Å². The molecule has 35 heteroatoms. The average Bonchev–Trinajstić information content (AvgIpc) is 1.64. The van der Waals surface area contributed by atoms with Gasteiger partial charge in [-0.2, -0.15) is 25.5 Å². The van der Waals surface area contributed by atoms with Crippen LogP contribution in [0.2, 0.25) is 0 Å². The number of benzene rings is 5. The Hall–Kier alpha value is -17.1. The van der Waals surface area contributed by atoms with E-state index < -0.39 is 5.97 Å². The lowest BCUT2D eigenvalue weighted by Gasteiger charge is -2.20. The highest BCUT2D eigenvalue weighted by Crippen LogP contribution is 2.38. The Morgan fingerprint density at radius 1 is 0.418 bits per heavy atom. The van der Waals surface area contributed by atoms with E-state index in [4.69, 9.17) is 32.8 Å². The number of rotatable bonds is 30. The lowest BCUT2D eigenvalue weighted by molar-refractivity contribution is -0.118. The third kappa shape index (κ3) is 24.1. The number of pyridine rings is 5. The second kappa shape index (κ2) is 46.8. The Labute approximate surface area is 768 Å². The van der Waals surface area contributed by atoms with Crippen LogP contribution in [-0.2, 0) is 16.1 Å². The predicted molar refractivity (Wildman–Crippen MR) is 511 cm³/mol. The van der Waals surface area contributed by atoms with Crippen LogP contribution in [0.15, 0.2) is 206 Å². The van der Waals surface area contributed by atoms with Crippen molar-refractivity contribution < 1.29 is 71.8 Å². The number of nitrogens with zero attached hydrogens (tertiary/aromatic N) is 10. The molecular formula is C99H98N20O15. The van der Waals surface area contributed by atoms with Crippen molar-refractivity contribution in [3.05, 3.63) is 292 Å². The van der Waals surface area contributed by atoms with Gasteiger partial charge in [-0.25, -0.2) is 4.79 Å². The summed E-state index contributed by atoms with van der Waals surface area (Å²) in [5.74, 6) is 0.731. The molecule has 1 aliphatic rings. The molecule has 12 heterocycles. The molecule has 0 bridgehead atoms. The van der Waals surface area contributed by atoms with Gasteiger partial charge in [-0.05, 0) is 180 Å². The van der Waals surface area contributed by atoms with Crippen LogP contribution in [0.3, 0.4) is 0 Å². The van der Waals surface area contributed by atoms with Crippen molar-refractivity contribution in [3.8, 4) is 28.7 Å². The summed E-state index contributed by atoms with van der Waals surface area (Å²) in [6.07, 6.45) is 39.9. The maximum absolute atomic E-state index is 12.8. The Kier molecular flexibility index (Phi) is 33.0. The van der Waals surface area contributed by atoms with Gasteiger partial charge in [0.2, 0.25) is 5.91 Å². The summed E-state index contributed by atoms with van der Waals surface area (Å²) in [7, 11) is 7.60. The van der Waals surface area contributed by atoms with Crippen LogP contribution in [0, 0.1) is 5.92 Å². The van der Waals surface area contributed by atoms with Crippen molar-refractivity contribution >= 4 is 151 Å². The smallest absolute Gasteiger partial charge is 0.339 e. The molecule has 1 fully saturated rings. The first kappa shape index (κ1) is 94.5. The van der Waals surface area contributed by atoms with Gasteiger partial charge in [0.25, 0.3) is 23.6 Å². The molecule has 0 aliphatic carbocycles. The summed E-state index contributed by atoms with van der Waals surface area (Å²) in [4.78, 5) is 93.4. The summed E-state index contributed by atoms with van der Waals surface area (Å²) in [6.45, 7) is 7.42. The number of aromatic carboxylic acids is 1. The second-order valence-corrected chi connectivity index (χ2v) is 30.1. The minimum Gasteiger partial charge on any atom is -0.495 e. The molecule has 134 heavy (non-hydrogen) atoms. The third-order valence-corrected chi connectivity index (χ3v) is 21.0. The fourth-order valence-corrected chi connectivity index (χ4v) is 14.3. The van der Waals surface area contributed by atoms with Gasteiger partial charge >= 0.3 is 5.97 Å².